The number of halogens is 1. The standard InChI is InChI=1S/C15H22BrN3O4/c1-15(2,3)23-14(20)18-8-6-17(7-9-18)11-4-5-12(16)13(10-11)19(21)22/h5,10-11H,4,6-9H2,1-3H3. The number of allylic oxidation sites excluding steroid dienone is 1. The zero-order valence-electron chi connectivity index (χ0n) is 13.6. The van der Waals surface area contributed by atoms with Gasteiger partial charge >= 0.3 is 6.09 Å². The highest BCUT2D eigenvalue weighted by Gasteiger charge is 2.31. The van der Waals surface area contributed by atoms with Gasteiger partial charge in [0.1, 0.15) is 5.60 Å². The molecule has 8 heteroatoms. The third-order valence-corrected chi connectivity index (χ3v) is 4.50. The summed E-state index contributed by atoms with van der Waals surface area (Å²) >= 11 is 3.23. The molecule has 1 heterocycles. The summed E-state index contributed by atoms with van der Waals surface area (Å²) in [5.74, 6) is 0. The summed E-state index contributed by atoms with van der Waals surface area (Å²) < 4.78 is 5.91. The van der Waals surface area contributed by atoms with Crippen LogP contribution in [0, 0.1) is 10.1 Å². The van der Waals surface area contributed by atoms with Gasteiger partial charge in [-0.05, 0) is 43.1 Å². The van der Waals surface area contributed by atoms with Crippen LogP contribution in [0.15, 0.2) is 22.3 Å². The molecule has 23 heavy (non-hydrogen) atoms. The van der Waals surface area contributed by atoms with Gasteiger partial charge in [0.15, 0.2) is 0 Å². The lowest BCUT2D eigenvalue weighted by atomic mass is 10.0. The number of nitrogens with zero attached hydrogens (tertiary/aromatic N) is 3. The summed E-state index contributed by atoms with van der Waals surface area (Å²) in [4.78, 5) is 26.6. The third-order valence-electron chi connectivity index (χ3n) is 3.77. The third kappa shape index (κ3) is 4.78. The van der Waals surface area contributed by atoms with Crippen molar-refractivity contribution in [3.63, 3.8) is 0 Å². The Hall–Kier alpha value is -1.41. The van der Waals surface area contributed by atoms with E-state index in [1.54, 1.807) is 11.0 Å². The van der Waals surface area contributed by atoms with Crippen molar-refractivity contribution in [1.29, 1.82) is 0 Å². The SMILES string of the molecule is CC(C)(C)OC(=O)N1CCN(C2C=C([N+](=O)[O-])C(Br)=CC2)CC1. The number of rotatable bonds is 2. The Morgan fingerprint density at radius 2 is 1.96 bits per heavy atom. The first-order valence-electron chi connectivity index (χ1n) is 7.61. The zero-order valence-corrected chi connectivity index (χ0v) is 15.2. The number of hydrogen-bond acceptors (Lipinski definition) is 5. The summed E-state index contributed by atoms with van der Waals surface area (Å²) in [5, 5.41) is 11.0. The fraction of sp³-hybridized carbons (Fsp3) is 0.667. The average molecular weight is 388 g/mol. The van der Waals surface area contributed by atoms with Gasteiger partial charge in [0, 0.05) is 38.3 Å². The van der Waals surface area contributed by atoms with Gasteiger partial charge in [-0.2, -0.15) is 0 Å². The van der Waals surface area contributed by atoms with Crippen molar-refractivity contribution < 1.29 is 14.5 Å². The van der Waals surface area contributed by atoms with Crippen molar-refractivity contribution in [3.8, 4) is 0 Å². The van der Waals surface area contributed by atoms with E-state index >= 15 is 0 Å². The van der Waals surface area contributed by atoms with Crippen molar-refractivity contribution in [1.82, 2.24) is 9.80 Å². The van der Waals surface area contributed by atoms with Crippen LogP contribution in [-0.4, -0.2) is 58.6 Å². The normalized spacial score (nSPS) is 23.1. The molecule has 1 aliphatic heterocycles. The lowest BCUT2D eigenvalue weighted by Gasteiger charge is -2.38. The van der Waals surface area contributed by atoms with Crippen LogP contribution in [-0.2, 0) is 4.74 Å². The van der Waals surface area contributed by atoms with Gasteiger partial charge in [0.05, 0.1) is 9.41 Å². The largest absolute Gasteiger partial charge is 0.444 e. The molecule has 128 valence electrons. The number of carbonyl (C=O) groups is 1. The van der Waals surface area contributed by atoms with Crippen molar-refractivity contribution in [2.24, 2.45) is 0 Å². The van der Waals surface area contributed by atoms with E-state index in [1.807, 2.05) is 26.8 Å². The van der Waals surface area contributed by atoms with Crippen LogP contribution < -0.4 is 0 Å². The molecule has 0 aromatic rings. The van der Waals surface area contributed by atoms with E-state index in [2.05, 4.69) is 20.8 Å². The Kier molecular flexibility index (Phi) is 5.46. The number of amides is 1. The highest BCUT2D eigenvalue weighted by molar-refractivity contribution is 9.11. The van der Waals surface area contributed by atoms with Crippen LogP contribution in [0.25, 0.3) is 0 Å². The number of hydrogen-bond donors (Lipinski definition) is 0. The maximum absolute atomic E-state index is 12.0. The molecule has 0 saturated carbocycles. The second kappa shape index (κ2) is 7.00. The average Bonchev–Trinajstić information content (AvgIpc) is 2.46. The number of ether oxygens (including phenoxy) is 1. The molecule has 1 aliphatic carbocycles. The minimum absolute atomic E-state index is 0.00233. The van der Waals surface area contributed by atoms with Crippen LogP contribution in [0.3, 0.4) is 0 Å². The number of nitro groups is 1. The van der Waals surface area contributed by atoms with E-state index in [1.165, 1.54) is 0 Å². The Bertz CT molecular complexity index is 545. The monoisotopic (exact) mass is 387 g/mol. The smallest absolute Gasteiger partial charge is 0.410 e. The molecule has 0 bridgehead atoms. The van der Waals surface area contributed by atoms with Crippen LogP contribution in [0.1, 0.15) is 27.2 Å². The van der Waals surface area contributed by atoms with E-state index < -0.39 is 5.60 Å². The fourth-order valence-electron chi connectivity index (χ4n) is 2.62. The lowest BCUT2D eigenvalue weighted by Crippen LogP contribution is -2.52. The Morgan fingerprint density at radius 3 is 2.48 bits per heavy atom. The van der Waals surface area contributed by atoms with Crippen molar-refractivity contribution in [2.45, 2.75) is 38.8 Å². The molecule has 0 radical (unpaired) electrons. The van der Waals surface area contributed by atoms with Gasteiger partial charge in [-0.3, -0.25) is 15.0 Å². The van der Waals surface area contributed by atoms with Crippen molar-refractivity contribution in [2.75, 3.05) is 26.2 Å². The molecular weight excluding hydrogens is 366 g/mol. The zero-order chi connectivity index (χ0) is 17.2. The van der Waals surface area contributed by atoms with E-state index in [0.717, 1.165) is 6.42 Å². The molecule has 2 rings (SSSR count). The maximum Gasteiger partial charge on any atom is 0.410 e. The van der Waals surface area contributed by atoms with E-state index in [0.29, 0.717) is 30.7 Å². The van der Waals surface area contributed by atoms with Gasteiger partial charge < -0.3 is 9.64 Å². The molecule has 2 aliphatic rings. The predicted octanol–water partition coefficient (Wildman–Crippen LogP) is 2.75. The first kappa shape index (κ1) is 17.9. The van der Waals surface area contributed by atoms with E-state index in [4.69, 9.17) is 4.74 Å². The van der Waals surface area contributed by atoms with Crippen molar-refractivity contribution in [3.05, 3.63) is 32.4 Å². The predicted molar refractivity (Wildman–Crippen MR) is 89.9 cm³/mol. The molecule has 1 unspecified atom stereocenters. The fourth-order valence-corrected chi connectivity index (χ4v) is 3.09. The second-order valence-electron chi connectivity index (χ2n) is 6.67. The molecule has 1 atom stereocenters. The van der Waals surface area contributed by atoms with Gasteiger partial charge in [-0.15, -0.1) is 0 Å². The number of piperazine rings is 1. The van der Waals surface area contributed by atoms with Crippen molar-refractivity contribution >= 4 is 22.0 Å². The molecule has 0 aromatic heterocycles. The van der Waals surface area contributed by atoms with Crippen LogP contribution in [0.4, 0.5) is 4.79 Å². The number of carbonyl (C=O) groups excluding carboxylic acids is 1. The van der Waals surface area contributed by atoms with Crippen LogP contribution in [0.5, 0.6) is 0 Å². The molecule has 1 fully saturated rings. The van der Waals surface area contributed by atoms with Crippen LogP contribution in [0.2, 0.25) is 0 Å². The minimum atomic E-state index is -0.502. The van der Waals surface area contributed by atoms with Crippen LogP contribution >= 0.6 is 15.9 Å². The summed E-state index contributed by atoms with van der Waals surface area (Å²) in [6.07, 6.45) is 3.95. The molecule has 7 nitrogen and oxygen atoms in total. The molecule has 1 saturated heterocycles. The van der Waals surface area contributed by atoms with E-state index in [-0.39, 0.29) is 22.8 Å². The van der Waals surface area contributed by atoms with Gasteiger partial charge in [-0.1, -0.05) is 6.08 Å². The highest BCUT2D eigenvalue weighted by atomic mass is 79.9. The summed E-state index contributed by atoms with van der Waals surface area (Å²) in [6, 6.07) is -0.00233. The van der Waals surface area contributed by atoms with Gasteiger partial charge in [0.25, 0.3) is 5.70 Å². The highest BCUT2D eigenvalue weighted by Crippen LogP contribution is 2.27. The summed E-state index contributed by atoms with van der Waals surface area (Å²) in [6.45, 7) is 8.02. The first-order chi connectivity index (χ1) is 10.7. The molecular formula is C15H22BrN3O4. The molecule has 0 spiro atoms. The van der Waals surface area contributed by atoms with Gasteiger partial charge in [0.2, 0.25) is 0 Å². The minimum Gasteiger partial charge on any atom is -0.444 e. The quantitative estimate of drug-likeness (QED) is 0.537. The summed E-state index contributed by atoms with van der Waals surface area (Å²) in [5.41, 5.74) is -0.395. The Labute approximate surface area is 144 Å². The van der Waals surface area contributed by atoms with Gasteiger partial charge in [-0.25, -0.2) is 4.79 Å². The maximum atomic E-state index is 12.0. The molecule has 0 aromatic carbocycles. The van der Waals surface area contributed by atoms with E-state index in [9.17, 15) is 14.9 Å². The summed E-state index contributed by atoms with van der Waals surface area (Å²) in [7, 11) is 0. The topological polar surface area (TPSA) is 75.9 Å². The lowest BCUT2D eigenvalue weighted by molar-refractivity contribution is -0.420. The first-order valence-corrected chi connectivity index (χ1v) is 8.41. The second-order valence-corrected chi connectivity index (χ2v) is 7.52. The molecule has 1 amide bonds. The molecule has 0 N–H and O–H groups in total. The Balaban J connectivity index is 1.92. The Morgan fingerprint density at radius 1 is 1.35 bits per heavy atom.